The number of hydrogen-bond donors (Lipinski definition) is 2. The minimum absolute atomic E-state index is 0.0128. The van der Waals surface area contributed by atoms with Crippen molar-refractivity contribution < 1.29 is 23.8 Å². The average Bonchev–Trinajstić information content (AvgIpc) is 2.73. The zero-order valence-corrected chi connectivity index (χ0v) is 19.3. The zero-order chi connectivity index (χ0) is 22.5. The van der Waals surface area contributed by atoms with E-state index in [1.165, 1.54) is 31.4 Å². The van der Waals surface area contributed by atoms with Crippen LogP contribution in [0.2, 0.25) is 10.0 Å². The van der Waals surface area contributed by atoms with Gasteiger partial charge < -0.3 is 19.9 Å². The first-order valence-corrected chi connectivity index (χ1v) is 10.5. The van der Waals surface area contributed by atoms with Gasteiger partial charge in [0.25, 0.3) is 0 Å². The van der Waals surface area contributed by atoms with Crippen molar-refractivity contribution in [3.63, 3.8) is 0 Å². The fourth-order valence-electron chi connectivity index (χ4n) is 2.80. The number of carboxylic acids is 1. The Kier molecular flexibility index (Phi) is 7.64. The van der Waals surface area contributed by atoms with Gasteiger partial charge in [0, 0.05) is 22.3 Å². The number of carbonyl (C=O) groups is 1. The van der Waals surface area contributed by atoms with E-state index in [0.29, 0.717) is 23.7 Å². The maximum absolute atomic E-state index is 14.0. The number of aromatic carboxylic acids is 1. The Balaban J connectivity index is 1.76. The third-order valence-corrected chi connectivity index (χ3v) is 5.87. The summed E-state index contributed by atoms with van der Waals surface area (Å²) in [5.74, 6) is -0.685. The number of rotatable bonds is 8. The van der Waals surface area contributed by atoms with Crippen molar-refractivity contribution in [1.29, 1.82) is 0 Å². The largest absolute Gasteiger partial charge is 0.493 e. The summed E-state index contributed by atoms with van der Waals surface area (Å²) in [6, 6.07) is 12.6. The standard InChI is InChI=1S/C22H17BrCl2FNO4/c1-30-20-7-12(10-27-13-5-6-18(25)14(8-13)22(28)29)16(23)9-21(20)31-11-15-17(24)3-2-4-19(15)26/h2-9,27H,10-11H2,1H3,(H,28,29). The summed E-state index contributed by atoms with van der Waals surface area (Å²) in [6.45, 7) is 0.311. The lowest BCUT2D eigenvalue weighted by molar-refractivity contribution is 0.0697. The highest BCUT2D eigenvalue weighted by molar-refractivity contribution is 9.10. The summed E-state index contributed by atoms with van der Waals surface area (Å²) >= 11 is 15.5. The monoisotopic (exact) mass is 527 g/mol. The molecule has 5 nitrogen and oxygen atoms in total. The van der Waals surface area contributed by atoms with Crippen LogP contribution in [0.15, 0.2) is 53.0 Å². The summed E-state index contributed by atoms with van der Waals surface area (Å²) in [5.41, 5.74) is 1.70. The minimum Gasteiger partial charge on any atom is -0.493 e. The highest BCUT2D eigenvalue weighted by atomic mass is 79.9. The molecule has 2 N–H and O–H groups in total. The van der Waals surface area contributed by atoms with Gasteiger partial charge in [-0.2, -0.15) is 0 Å². The van der Waals surface area contributed by atoms with Gasteiger partial charge in [-0.25, -0.2) is 9.18 Å². The van der Waals surface area contributed by atoms with Gasteiger partial charge in [0.2, 0.25) is 0 Å². The Morgan fingerprint density at radius 2 is 1.90 bits per heavy atom. The van der Waals surface area contributed by atoms with Crippen molar-refractivity contribution in [3.05, 3.63) is 85.6 Å². The molecule has 0 radical (unpaired) electrons. The minimum atomic E-state index is -1.10. The smallest absolute Gasteiger partial charge is 0.337 e. The molecule has 31 heavy (non-hydrogen) atoms. The molecule has 0 heterocycles. The molecule has 0 aliphatic heterocycles. The van der Waals surface area contributed by atoms with Gasteiger partial charge in [-0.05, 0) is 48.0 Å². The molecule has 0 aliphatic carbocycles. The summed E-state index contributed by atoms with van der Waals surface area (Å²) in [5, 5.41) is 12.8. The highest BCUT2D eigenvalue weighted by Crippen LogP contribution is 2.35. The van der Waals surface area contributed by atoms with Crippen LogP contribution in [0.25, 0.3) is 0 Å². The van der Waals surface area contributed by atoms with E-state index in [-0.39, 0.29) is 27.8 Å². The van der Waals surface area contributed by atoms with Crippen LogP contribution in [0.5, 0.6) is 11.5 Å². The van der Waals surface area contributed by atoms with Crippen LogP contribution in [-0.2, 0) is 13.2 Å². The number of methoxy groups -OCH3 is 1. The highest BCUT2D eigenvalue weighted by Gasteiger charge is 2.14. The van der Waals surface area contributed by atoms with E-state index >= 15 is 0 Å². The number of halogens is 4. The molecule has 0 saturated heterocycles. The van der Waals surface area contributed by atoms with Crippen molar-refractivity contribution in [2.24, 2.45) is 0 Å². The first kappa shape index (κ1) is 23.2. The van der Waals surface area contributed by atoms with Crippen LogP contribution >= 0.6 is 39.1 Å². The number of benzene rings is 3. The van der Waals surface area contributed by atoms with E-state index in [4.69, 9.17) is 32.7 Å². The predicted octanol–water partition coefficient (Wildman–Crippen LogP) is 6.79. The quantitative estimate of drug-likeness (QED) is 0.337. The maximum atomic E-state index is 14.0. The van der Waals surface area contributed by atoms with E-state index in [1.807, 2.05) is 0 Å². The molecule has 3 aromatic rings. The fourth-order valence-corrected chi connectivity index (χ4v) is 3.68. The molecule has 162 valence electrons. The molecule has 0 spiro atoms. The molecule has 3 aromatic carbocycles. The Bertz CT molecular complexity index is 1110. The van der Waals surface area contributed by atoms with Gasteiger partial charge in [-0.3, -0.25) is 0 Å². The van der Waals surface area contributed by atoms with Gasteiger partial charge in [0.15, 0.2) is 11.5 Å². The lowest BCUT2D eigenvalue weighted by Gasteiger charge is -2.16. The Labute approximate surface area is 196 Å². The predicted molar refractivity (Wildman–Crippen MR) is 122 cm³/mol. The van der Waals surface area contributed by atoms with Crippen LogP contribution in [0.3, 0.4) is 0 Å². The normalized spacial score (nSPS) is 10.6. The van der Waals surface area contributed by atoms with Gasteiger partial charge in [0.1, 0.15) is 12.4 Å². The van der Waals surface area contributed by atoms with Crippen molar-refractivity contribution in [1.82, 2.24) is 0 Å². The van der Waals surface area contributed by atoms with Crippen LogP contribution in [0.4, 0.5) is 10.1 Å². The topological polar surface area (TPSA) is 67.8 Å². The second-order valence-electron chi connectivity index (χ2n) is 6.44. The van der Waals surface area contributed by atoms with E-state index < -0.39 is 11.8 Å². The SMILES string of the molecule is COc1cc(CNc2ccc(Cl)c(C(=O)O)c2)c(Br)cc1OCc1c(F)cccc1Cl. The summed E-state index contributed by atoms with van der Waals surface area (Å²) in [6.07, 6.45) is 0. The van der Waals surface area contributed by atoms with Crippen LogP contribution in [-0.4, -0.2) is 18.2 Å². The van der Waals surface area contributed by atoms with E-state index in [2.05, 4.69) is 21.2 Å². The van der Waals surface area contributed by atoms with E-state index in [0.717, 1.165) is 10.0 Å². The Morgan fingerprint density at radius 3 is 2.58 bits per heavy atom. The lowest BCUT2D eigenvalue weighted by atomic mass is 10.1. The van der Waals surface area contributed by atoms with Crippen molar-refractivity contribution in [3.8, 4) is 11.5 Å². The number of ether oxygens (including phenoxy) is 2. The first-order valence-electron chi connectivity index (χ1n) is 8.99. The van der Waals surface area contributed by atoms with Gasteiger partial charge >= 0.3 is 5.97 Å². The van der Waals surface area contributed by atoms with Crippen molar-refractivity contribution in [2.75, 3.05) is 12.4 Å². The third kappa shape index (κ3) is 5.61. The molecule has 0 aliphatic rings. The zero-order valence-electron chi connectivity index (χ0n) is 16.2. The Hall–Kier alpha value is -2.48. The molecule has 0 aromatic heterocycles. The van der Waals surface area contributed by atoms with Crippen molar-refractivity contribution >= 4 is 50.8 Å². The molecule has 9 heteroatoms. The third-order valence-electron chi connectivity index (χ3n) is 4.45. The molecular weight excluding hydrogens is 512 g/mol. The van der Waals surface area contributed by atoms with Crippen LogP contribution < -0.4 is 14.8 Å². The molecular formula is C22H17BrCl2FNO4. The molecule has 0 bridgehead atoms. The molecule has 0 unspecified atom stereocenters. The number of carboxylic acid groups (broad SMARTS) is 1. The average molecular weight is 529 g/mol. The lowest BCUT2D eigenvalue weighted by Crippen LogP contribution is -2.05. The van der Waals surface area contributed by atoms with Crippen molar-refractivity contribution in [2.45, 2.75) is 13.2 Å². The summed E-state index contributed by atoms with van der Waals surface area (Å²) in [4.78, 5) is 11.2. The van der Waals surface area contributed by atoms with Gasteiger partial charge in [-0.1, -0.05) is 45.2 Å². The molecule has 3 rings (SSSR count). The van der Waals surface area contributed by atoms with Gasteiger partial charge in [-0.15, -0.1) is 0 Å². The van der Waals surface area contributed by atoms with E-state index in [9.17, 15) is 14.3 Å². The molecule has 0 saturated carbocycles. The number of nitrogens with one attached hydrogen (secondary N) is 1. The second kappa shape index (κ2) is 10.2. The molecule has 0 fully saturated rings. The Morgan fingerprint density at radius 1 is 1.13 bits per heavy atom. The molecule has 0 amide bonds. The van der Waals surface area contributed by atoms with Gasteiger partial charge in [0.05, 0.1) is 22.7 Å². The summed E-state index contributed by atoms with van der Waals surface area (Å²) < 4.78 is 25.9. The fraction of sp³-hybridized carbons (Fsp3) is 0.136. The first-order chi connectivity index (χ1) is 14.8. The van der Waals surface area contributed by atoms with Crippen LogP contribution in [0.1, 0.15) is 21.5 Å². The van der Waals surface area contributed by atoms with Crippen LogP contribution in [0, 0.1) is 5.82 Å². The maximum Gasteiger partial charge on any atom is 0.337 e. The summed E-state index contributed by atoms with van der Waals surface area (Å²) in [7, 11) is 1.50. The second-order valence-corrected chi connectivity index (χ2v) is 8.11. The number of hydrogen-bond acceptors (Lipinski definition) is 4. The van der Waals surface area contributed by atoms with E-state index in [1.54, 1.807) is 24.3 Å². The molecule has 0 atom stereocenters. The number of anilines is 1.